The Bertz CT molecular complexity index is 771. The van der Waals surface area contributed by atoms with Crippen LogP contribution in [0.5, 0.6) is 0 Å². The first-order chi connectivity index (χ1) is 10.1. The van der Waals surface area contributed by atoms with Gasteiger partial charge in [-0.2, -0.15) is 0 Å². The molecule has 3 saturated heterocycles. The fourth-order valence-corrected chi connectivity index (χ4v) is 4.94. The van der Waals surface area contributed by atoms with Crippen molar-refractivity contribution < 1.29 is 4.79 Å². The summed E-state index contributed by atoms with van der Waals surface area (Å²) in [6.45, 7) is 3.50. The van der Waals surface area contributed by atoms with Crippen LogP contribution in [-0.2, 0) is 0 Å². The Morgan fingerprint density at radius 3 is 2.76 bits per heavy atom. The van der Waals surface area contributed by atoms with Crippen LogP contribution in [-0.4, -0.2) is 35.4 Å². The van der Waals surface area contributed by atoms with Crippen molar-refractivity contribution in [3.8, 4) is 0 Å². The molecule has 5 rings (SSSR count). The predicted octanol–water partition coefficient (Wildman–Crippen LogP) is 1.50. The zero-order valence-electron chi connectivity index (χ0n) is 11.6. The molecule has 110 valence electrons. The third kappa shape index (κ3) is 2.01. The summed E-state index contributed by atoms with van der Waals surface area (Å²) in [7, 11) is 0. The highest BCUT2D eigenvalue weighted by molar-refractivity contribution is 7.19. The highest BCUT2D eigenvalue weighted by Gasteiger charge is 2.35. The molecule has 1 unspecified atom stereocenters. The number of hydrogen-bond donors (Lipinski definition) is 2. The van der Waals surface area contributed by atoms with Gasteiger partial charge in [-0.05, 0) is 37.9 Å². The Morgan fingerprint density at radius 2 is 2.14 bits per heavy atom. The summed E-state index contributed by atoms with van der Waals surface area (Å²) in [5.41, 5.74) is 5.87. The van der Waals surface area contributed by atoms with Crippen molar-refractivity contribution in [3.05, 3.63) is 32.9 Å². The van der Waals surface area contributed by atoms with E-state index in [0.717, 1.165) is 18.0 Å². The van der Waals surface area contributed by atoms with E-state index < -0.39 is 5.91 Å². The van der Waals surface area contributed by atoms with Gasteiger partial charge in [-0.3, -0.25) is 9.59 Å². The number of primary amides is 1. The topological polar surface area (TPSA) is 79.2 Å². The van der Waals surface area contributed by atoms with E-state index in [0.29, 0.717) is 10.6 Å². The first-order valence-corrected chi connectivity index (χ1v) is 8.12. The molecule has 0 saturated carbocycles. The molecule has 0 aromatic carbocycles. The van der Waals surface area contributed by atoms with Crippen LogP contribution in [0.4, 0.5) is 0 Å². The number of pyridine rings is 1. The lowest BCUT2D eigenvalue weighted by Gasteiger charge is -2.44. The molecule has 3 N–H and O–H groups in total. The van der Waals surface area contributed by atoms with Gasteiger partial charge in [-0.15, -0.1) is 11.3 Å². The summed E-state index contributed by atoms with van der Waals surface area (Å²) in [5.74, 6) is 0.583. The molecule has 6 heteroatoms. The van der Waals surface area contributed by atoms with Gasteiger partial charge in [0.15, 0.2) is 0 Å². The van der Waals surface area contributed by atoms with Crippen molar-refractivity contribution in [2.24, 2.45) is 11.7 Å². The number of carbonyl (C=O) groups excluding carboxylic acids is 1. The summed E-state index contributed by atoms with van der Waals surface area (Å²) in [6, 6.07) is 2.08. The van der Waals surface area contributed by atoms with Crippen molar-refractivity contribution in [3.63, 3.8) is 0 Å². The van der Waals surface area contributed by atoms with Crippen LogP contribution >= 0.6 is 11.3 Å². The number of fused-ring (bicyclic) bond motifs is 4. The van der Waals surface area contributed by atoms with Crippen LogP contribution in [0.15, 0.2) is 17.1 Å². The predicted molar refractivity (Wildman–Crippen MR) is 82.9 cm³/mol. The molecule has 21 heavy (non-hydrogen) atoms. The van der Waals surface area contributed by atoms with Gasteiger partial charge in [-0.1, -0.05) is 0 Å². The van der Waals surface area contributed by atoms with E-state index in [1.165, 1.54) is 48.3 Å². The third-order valence-electron chi connectivity index (χ3n) is 4.86. The molecule has 2 aromatic heterocycles. The summed E-state index contributed by atoms with van der Waals surface area (Å²) in [6.07, 6.45) is 3.93. The molecular formula is C15H17N3O2S. The van der Waals surface area contributed by atoms with Crippen molar-refractivity contribution >= 4 is 27.5 Å². The van der Waals surface area contributed by atoms with Gasteiger partial charge < -0.3 is 15.6 Å². The lowest BCUT2D eigenvalue weighted by molar-refractivity contribution is 0.0885. The highest BCUT2D eigenvalue weighted by Crippen LogP contribution is 2.42. The minimum absolute atomic E-state index is 0.0461. The summed E-state index contributed by atoms with van der Waals surface area (Å²) in [5, 5.41) is 0. The summed E-state index contributed by atoms with van der Waals surface area (Å²) < 4.78 is 0.623. The van der Waals surface area contributed by atoms with Crippen molar-refractivity contribution in [1.29, 1.82) is 0 Å². The molecule has 0 spiro atoms. The second-order valence-electron chi connectivity index (χ2n) is 6.03. The van der Waals surface area contributed by atoms with Gasteiger partial charge in [0, 0.05) is 23.5 Å². The molecule has 2 bridgehead atoms. The minimum Gasteiger partial charge on any atom is -0.365 e. The molecular weight excluding hydrogens is 286 g/mol. The molecule has 3 aliphatic heterocycles. The number of piperidine rings is 3. The van der Waals surface area contributed by atoms with E-state index in [2.05, 4.69) is 16.0 Å². The van der Waals surface area contributed by atoms with Crippen molar-refractivity contribution in [2.45, 2.75) is 18.8 Å². The molecule has 3 aliphatic rings. The number of nitrogens with two attached hydrogens (primary N) is 1. The Hall–Kier alpha value is -1.66. The number of nitrogens with one attached hydrogen (secondary N) is 1. The van der Waals surface area contributed by atoms with Gasteiger partial charge in [0.25, 0.3) is 5.91 Å². The number of hydrogen-bond acceptors (Lipinski definition) is 4. The fourth-order valence-electron chi connectivity index (χ4n) is 3.68. The Balaban J connectivity index is 1.79. The van der Waals surface area contributed by atoms with Crippen LogP contribution in [0.1, 0.15) is 34.0 Å². The maximum atomic E-state index is 12.3. The standard InChI is InChI=1S/C15H17N3O2S/c16-15(20)9-6-17-11-5-12(21-14(11)13(9)19)10-7-18-3-1-8(10)2-4-18/h5-6,8,10H,1-4,7H2,(H2,16,20)(H,17,19). The van der Waals surface area contributed by atoms with E-state index in [4.69, 9.17) is 5.73 Å². The molecule has 0 aliphatic carbocycles. The average molecular weight is 303 g/mol. The minimum atomic E-state index is -0.670. The molecule has 1 amide bonds. The van der Waals surface area contributed by atoms with Crippen LogP contribution in [0.3, 0.4) is 0 Å². The Labute approximate surface area is 125 Å². The summed E-state index contributed by atoms with van der Waals surface area (Å²) >= 11 is 1.52. The number of rotatable bonds is 2. The monoisotopic (exact) mass is 303 g/mol. The highest BCUT2D eigenvalue weighted by atomic mass is 32.1. The van der Waals surface area contributed by atoms with Gasteiger partial charge in [0.05, 0.1) is 10.2 Å². The largest absolute Gasteiger partial charge is 0.365 e. The zero-order valence-corrected chi connectivity index (χ0v) is 12.4. The maximum absolute atomic E-state index is 12.3. The van der Waals surface area contributed by atoms with Crippen LogP contribution in [0, 0.1) is 5.92 Å². The fraction of sp³-hybridized carbons (Fsp3) is 0.467. The van der Waals surface area contributed by atoms with Crippen molar-refractivity contribution in [1.82, 2.24) is 9.88 Å². The number of aromatic nitrogens is 1. The maximum Gasteiger partial charge on any atom is 0.254 e. The van der Waals surface area contributed by atoms with E-state index in [9.17, 15) is 9.59 Å². The molecule has 5 heterocycles. The third-order valence-corrected chi connectivity index (χ3v) is 6.13. The number of H-pyrrole nitrogens is 1. The first-order valence-electron chi connectivity index (χ1n) is 7.31. The van der Waals surface area contributed by atoms with E-state index in [-0.39, 0.29) is 11.0 Å². The van der Waals surface area contributed by atoms with E-state index >= 15 is 0 Å². The van der Waals surface area contributed by atoms with Gasteiger partial charge in [0.1, 0.15) is 5.56 Å². The number of aromatic amines is 1. The van der Waals surface area contributed by atoms with Gasteiger partial charge >= 0.3 is 0 Å². The molecule has 2 aromatic rings. The van der Waals surface area contributed by atoms with Gasteiger partial charge in [0.2, 0.25) is 5.43 Å². The van der Waals surface area contributed by atoms with Crippen LogP contribution < -0.4 is 11.2 Å². The molecule has 0 radical (unpaired) electrons. The Morgan fingerprint density at radius 1 is 1.38 bits per heavy atom. The molecule has 1 atom stereocenters. The molecule has 5 nitrogen and oxygen atoms in total. The second kappa shape index (κ2) is 4.68. The lowest BCUT2D eigenvalue weighted by atomic mass is 9.78. The smallest absolute Gasteiger partial charge is 0.254 e. The molecule has 3 fully saturated rings. The SMILES string of the molecule is NC(=O)c1c[nH]c2cc(C3CN4CCC3CC4)sc2c1=O. The first kappa shape index (κ1) is 13.0. The number of nitrogens with zero attached hydrogens (tertiary/aromatic N) is 1. The van der Waals surface area contributed by atoms with Crippen LogP contribution in [0.25, 0.3) is 10.2 Å². The number of thiophene rings is 1. The normalized spacial score (nSPS) is 28.1. The second-order valence-corrected chi connectivity index (χ2v) is 7.12. The quantitative estimate of drug-likeness (QED) is 0.882. The summed E-state index contributed by atoms with van der Waals surface area (Å²) in [4.78, 5) is 30.4. The van der Waals surface area contributed by atoms with E-state index in [1.54, 1.807) is 0 Å². The average Bonchev–Trinajstić information content (AvgIpc) is 2.93. The Kier molecular flexibility index (Phi) is 2.90. The lowest BCUT2D eigenvalue weighted by Crippen LogP contribution is -2.45. The zero-order chi connectivity index (χ0) is 14.6. The number of amides is 1. The number of carbonyl (C=O) groups is 1. The van der Waals surface area contributed by atoms with E-state index in [1.807, 2.05) is 0 Å². The van der Waals surface area contributed by atoms with Crippen molar-refractivity contribution in [2.75, 3.05) is 19.6 Å². The van der Waals surface area contributed by atoms with Gasteiger partial charge in [-0.25, -0.2) is 0 Å². The van der Waals surface area contributed by atoms with Crippen LogP contribution in [0.2, 0.25) is 0 Å².